The Hall–Kier alpha value is -3.09. The third kappa shape index (κ3) is 4.81. The van der Waals surface area contributed by atoms with Crippen molar-refractivity contribution in [2.24, 2.45) is 0 Å². The van der Waals surface area contributed by atoms with Gasteiger partial charge in [-0.1, -0.05) is 30.3 Å². The number of halogens is 1. The lowest BCUT2D eigenvalue weighted by molar-refractivity contribution is 0.589. The lowest BCUT2D eigenvalue weighted by Gasteiger charge is -2.29. The molecule has 4 heterocycles. The largest absolute Gasteiger partial charge is 0.368 e. The average molecular weight is 436 g/mol. The van der Waals surface area contributed by atoms with Crippen LogP contribution < -0.4 is 15.8 Å². The molecule has 6 nitrogen and oxygen atoms in total. The summed E-state index contributed by atoms with van der Waals surface area (Å²) in [5.41, 5.74) is 4.60. The van der Waals surface area contributed by atoms with Crippen molar-refractivity contribution in [3.05, 3.63) is 82.6 Å². The van der Waals surface area contributed by atoms with Crippen molar-refractivity contribution >= 4 is 28.3 Å². The Morgan fingerprint density at radius 1 is 1.32 bits per heavy atom. The van der Waals surface area contributed by atoms with Crippen LogP contribution in [0, 0.1) is 0 Å². The normalized spacial score (nSPS) is 15.2. The van der Waals surface area contributed by atoms with Gasteiger partial charge >= 0.3 is 0 Å². The number of fused-ring (bicyclic) bond motifs is 1. The minimum Gasteiger partial charge on any atom is -0.368 e. The average Bonchev–Trinajstić information content (AvgIpc) is 3.19. The fraction of sp³-hybridized carbons (Fsp3) is 0.250. The van der Waals surface area contributed by atoms with Gasteiger partial charge in [0.25, 0.3) is 5.56 Å². The quantitative estimate of drug-likeness (QED) is 0.573. The number of allylic oxidation sites excluding steroid dienone is 5. The van der Waals surface area contributed by atoms with Crippen molar-refractivity contribution < 1.29 is 0 Å². The molecule has 0 bridgehead atoms. The number of pyridine rings is 2. The maximum atomic E-state index is 12.8. The molecule has 0 saturated carbocycles. The first-order valence-corrected chi connectivity index (χ1v) is 10.7. The summed E-state index contributed by atoms with van der Waals surface area (Å²) in [5.74, 6) is 0. The number of aromatic amines is 1. The number of hydrogen-bond acceptors (Lipinski definition) is 4. The predicted octanol–water partition coefficient (Wildman–Crippen LogP) is 4.06. The lowest BCUT2D eigenvalue weighted by Crippen LogP contribution is -2.43. The van der Waals surface area contributed by atoms with E-state index in [9.17, 15) is 4.79 Å². The molecule has 1 saturated heterocycles. The summed E-state index contributed by atoms with van der Waals surface area (Å²) in [6, 6.07) is 5.79. The van der Waals surface area contributed by atoms with Crippen LogP contribution in [0.25, 0.3) is 22.2 Å². The molecule has 1 fully saturated rings. The molecular formula is C24H26ClN5O. The molecule has 31 heavy (non-hydrogen) atoms. The molecule has 1 aliphatic heterocycles. The molecule has 3 aromatic heterocycles. The molecule has 0 spiro atoms. The van der Waals surface area contributed by atoms with Gasteiger partial charge in [-0.3, -0.25) is 4.79 Å². The Balaban J connectivity index is 1.66. The second-order valence-corrected chi connectivity index (χ2v) is 8.06. The highest BCUT2D eigenvalue weighted by molar-refractivity contribution is 6.30. The summed E-state index contributed by atoms with van der Waals surface area (Å²) in [6.45, 7) is 9.92. The van der Waals surface area contributed by atoms with Gasteiger partial charge in [-0.2, -0.15) is 0 Å². The molecule has 3 aromatic rings. The van der Waals surface area contributed by atoms with Crippen molar-refractivity contribution in [1.29, 1.82) is 0 Å². The van der Waals surface area contributed by atoms with Crippen LogP contribution in [0.2, 0.25) is 0 Å². The molecule has 2 N–H and O–H groups in total. The Bertz CT molecular complexity index is 1210. The highest BCUT2D eigenvalue weighted by Gasteiger charge is 2.14. The minimum absolute atomic E-state index is 0.0753. The first-order chi connectivity index (χ1) is 15.0. The molecule has 0 atom stereocenters. The fourth-order valence-electron chi connectivity index (χ4n) is 3.89. The minimum atomic E-state index is -0.0753. The fourth-order valence-corrected chi connectivity index (χ4v) is 4.03. The summed E-state index contributed by atoms with van der Waals surface area (Å²) in [4.78, 5) is 23.0. The number of rotatable bonds is 6. The van der Waals surface area contributed by atoms with E-state index in [1.54, 1.807) is 16.7 Å². The van der Waals surface area contributed by atoms with E-state index in [1.165, 1.54) is 0 Å². The number of anilines is 1. The van der Waals surface area contributed by atoms with Gasteiger partial charge < -0.3 is 19.8 Å². The smallest absolute Gasteiger partial charge is 0.251 e. The summed E-state index contributed by atoms with van der Waals surface area (Å²) >= 11 is 5.92. The second kappa shape index (κ2) is 9.37. The Labute approximate surface area is 186 Å². The van der Waals surface area contributed by atoms with Crippen LogP contribution >= 0.6 is 11.6 Å². The van der Waals surface area contributed by atoms with Gasteiger partial charge in [0.05, 0.1) is 18.4 Å². The van der Waals surface area contributed by atoms with Crippen molar-refractivity contribution in [3.63, 3.8) is 0 Å². The lowest BCUT2D eigenvalue weighted by atomic mass is 10.1. The van der Waals surface area contributed by atoms with Gasteiger partial charge in [-0.15, -0.1) is 0 Å². The third-order valence-electron chi connectivity index (χ3n) is 5.38. The van der Waals surface area contributed by atoms with Gasteiger partial charge in [0, 0.05) is 60.6 Å². The number of H-pyrrole nitrogens is 1. The SMILES string of the molecule is C=C(Cl)/C=C(\C=C/C)Cn1ccc(-c2c[nH]c3ncc(N4CCNCC4)cc23)cc1=O. The number of nitrogens with one attached hydrogen (secondary N) is 2. The van der Waals surface area contributed by atoms with Crippen molar-refractivity contribution in [2.75, 3.05) is 31.1 Å². The van der Waals surface area contributed by atoms with E-state index in [0.717, 1.165) is 59.6 Å². The molecular weight excluding hydrogens is 410 g/mol. The molecule has 4 rings (SSSR count). The van der Waals surface area contributed by atoms with Crippen LogP contribution in [0.3, 0.4) is 0 Å². The summed E-state index contributed by atoms with van der Waals surface area (Å²) in [7, 11) is 0. The van der Waals surface area contributed by atoms with Crippen LogP contribution in [-0.4, -0.2) is 40.7 Å². The first kappa shape index (κ1) is 21.2. The third-order valence-corrected chi connectivity index (χ3v) is 5.49. The van der Waals surface area contributed by atoms with Gasteiger partial charge in [-0.25, -0.2) is 4.98 Å². The Kier molecular flexibility index (Phi) is 6.39. The summed E-state index contributed by atoms with van der Waals surface area (Å²) in [5, 5.41) is 4.82. The standard InChI is InChI=1S/C24H26ClN5O/c1-3-4-18(11-17(2)25)16-30-8-5-19(12-23(30)31)22-15-28-24-21(22)13-20(14-27-24)29-9-6-26-7-10-29/h3-5,8,11-15,26H,2,6-7,9-10,16H2,1H3,(H,27,28)/b4-3-,18-11+. The monoisotopic (exact) mass is 435 g/mol. The molecule has 0 aromatic carbocycles. The maximum Gasteiger partial charge on any atom is 0.251 e. The number of hydrogen-bond donors (Lipinski definition) is 2. The maximum absolute atomic E-state index is 12.8. The second-order valence-electron chi connectivity index (χ2n) is 7.58. The van der Waals surface area contributed by atoms with E-state index < -0.39 is 0 Å². The van der Waals surface area contributed by atoms with Gasteiger partial charge in [0.1, 0.15) is 5.65 Å². The first-order valence-electron chi connectivity index (χ1n) is 10.4. The number of nitrogens with zero attached hydrogens (tertiary/aromatic N) is 3. The van der Waals surface area contributed by atoms with Crippen LogP contribution in [0.1, 0.15) is 6.92 Å². The molecule has 7 heteroatoms. The van der Waals surface area contributed by atoms with Crippen LogP contribution in [0.5, 0.6) is 0 Å². The molecule has 160 valence electrons. The highest BCUT2D eigenvalue weighted by Crippen LogP contribution is 2.30. The van der Waals surface area contributed by atoms with Gasteiger partial charge in [0.15, 0.2) is 0 Å². The zero-order valence-corrected chi connectivity index (χ0v) is 18.3. The Morgan fingerprint density at radius 3 is 2.84 bits per heavy atom. The van der Waals surface area contributed by atoms with Gasteiger partial charge in [0.2, 0.25) is 0 Å². The van der Waals surface area contributed by atoms with E-state index in [4.69, 9.17) is 11.6 Å². The van der Waals surface area contributed by atoms with Crippen LogP contribution in [0.4, 0.5) is 5.69 Å². The van der Waals surface area contributed by atoms with Gasteiger partial charge in [-0.05, 0) is 36.3 Å². The van der Waals surface area contributed by atoms with E-state index in [1.807, 2.05) is 43.7 Å². The molecule has 0 unspecified atom stereocenters. The number of piperazine rings is 1. The Morgan fingerprint density at radius 2 is 2.13 bits per heavy atom. The van der Waals surface area contributed by atoms with Crippen molar-refractivity contribution in [2.45, 2.75) is 13.5 Å². The molecule has 1 aliphatic rings. The van der Waals surface area contributed by atoms with Crippen molar-refractivity contribution in [1.82, 2.24) is 19.9 Å². The highest BCUT2D eigenvalue weighted by atomic mass is 35.5. The van der Waals surface area contributed by atoms with E-state index in [-0.39, 0.29) is 5.56 Å². The van der Waals surface area contributed by atoms with E-state index in [2.05, 4.69) is 32.8 Å². The van der Waals surface area contributed by atoms with E-state index >= 15 is 0 Å². The predicted molar refractivity (Wildman–Crippen MR) is 129 cm³/mol. The number of aromatic nitrogens is 3. The zero-order valence-electron chi connectivity index (χ0n) is 17.6. The van der Waals surface area contributed by atoms with Crippen LogP contribution in [0.15, 0.2) is 77.0 Å². The summed E-state index contributed by atoms with van der Waals surface area (Å²) in [6.07, 6.45) is 11.3. The van der Waals surface area contributed by atoms with Crippen LogP contribution in [-0.2, 0) is 6.54 Å². The molecule has 0 radical (unpaired) electrons. The molecule has 0 amide bonds. The summed E-state index contributed by atoms with van der Waals surface area (Å²) < 4.78 is 1.66. The topological polar surface area (TPSA) is 66.0 Å². The molecule has 0 aliphatic carbocycles. The van der Waals surface area contributed by atoms with Crippen molar-refractivity contribution in [3.8, 4) is 11.1 Å². The van der Waals surface area contributed by atoms with E-state index in [0.29, 0.717) is 11.6 Å². The zero-order chi connectivity index (χ0) is 21.8.